The lowest BCUT2D eigenvalue weighted by molar-refractivity contribution is 0.752. The Kier molecular flexibility index (Phi) is 2.64. The summed E-state index contributed by atoms with van der Waals surface area (Å²) in [5, 5.41) is 3.22. The number of hydrogen-bond acceptors (Lipinski definition) is 3. The lowest BCUT2D eigenvalue weighted by Gasteiger charge is -2.02. The van der Waals surface area contributed by atoms with Gasteiger partial charge in [-0.15, -0.1) is 0 Å². The first kappa shape index (κ1) is 10.0. The van der Waals surface area contributed by atoms with E-state index in [2.05, 4.69) is 28.9 Å². The molecule has 0 unspecified atom stereocenters. The quantitative estimate of drug-likeness (QED) is 0.791. The third-order valence-electron chi connectivity index (χ3n) is 2.16. The zero-order valence-electron chi connectivity index (χ0n) is 8.64. The number of nitrogens with one attached hydrogen (secondary N) is 1. The minimum absolute atomic E-state index is 0.426. The third-order valence-corrected chi connectivity index (χ3v) is 2.46. The molecule has 15 heavy (non-hydrogen) atoms. The van der Waals surface area contributed by atoms with Crippen molar-refractivity contribution in [2.45, 2.75) is 19.8 Å². The predicted octanol–water partition coefficient (Wildman–Crippen LogP) is 2.45. The van der Waals surface area contributed by atoms with Gasteiger partial charge in [0.1, 0.15) is 11.0 Å². The molecule has 2 aromatic rings. The molecule has 0 aromatic carbocycles. The van der Waals surface area contributed by atoms with Crippen LogP contribution in [0.4, 0.5) is 0 Å². The first-order valence-corrected chi connectivity index (χ1v) is 5.17. The van der Waals surface area contributed by atoms with Gasteiger partial charge in [0.2, 0.25) is 0 Å². The van der Waals surface area contributed by atoms with E-state index in [0.717, 1.165) is 16.2 Å². The summed E-state index contributed by atoms with van der Waals surface area (Å²) in [4.78, 5) is 8.01. The molecule has 0 aliphatic heterocycles. The van der Waals surface area contributed by atoms with Crippen LogP contribution in [0, 0.1) is 4.64 Å². The van der Waals surface area contributed by atoms with Crippen LogP contribution in [-0.4, -0.2) is 19.7 Å². The fourth-order valence-electron chi connectivity index (χ4n) is 1.30. The lowest BCUT2D eigenvalue weighted by Crippen LogP contribution is -2.00. The zero-order chi connectivity index (χ0) is 10.8. The maximum atomic E-state index is 5.25. The molecule has 0 atom stereocenters. The minimum atomic E-state index is 0.426. The van der Waals surface area contributed by atoms with Crippen LogP contribution in [0.25, 0.3) is 5.82 Å². The van der Waals surface area contributed by atoms with E-state index in [9.17, 15) is 0 Å². The molecule has 0 amide bonds. The van der Waals surface area contributed by atoms with Gasteiger partial charge < -0.3 is 0 Å². The first-order valence-electron chi connectivity index (χ1n) is 4.77. The predicted molar refractivity (Wildman–Crippen MR) is 60.6 cm³/mol. The Bertz CT molecular complexity index is 498. The largest absolute Gasteiger partial charge is 0.295 e. The standard InChI is InChI=1S/C10H12N4S/c1-7(2)8-5-10(15)14(13-8)9-3-4-11-6-12-9/h3-7,13H,1-2H3. The fourth-order valence-corrected chi connectivity index (χ4v) is 1.56. The molecule has 0 saturated heterocycles. The highest BCUT2D eigenvalue weighted by molar-refractivity contribution is 7.71. The van der Waals surface area contributed by atoms with E-state index in [0.29, 0.717) is 5.92 Å². The average molecular weight is 220 g/mol. The smallest absolute Gasteiger partial charge is 0.156 e. The lowest BCUT2D eigenvalue weighted by atomic mass is 10.1. The number of rotatable bonds is 2. The summed E-state index contributed by atoms with van der Waals surface area (Å²) in [6.45, 7) is 4.23. The van der Waals surface area contributed by atoms with Gasteiger partial charge in [-0.25, -0.2) is 14.6 Å². The summed E-state index contributed by atoms with van der Waals surface area (Å²) in [6.07, 6.45) is 3.20. The second-order valence-corrected chi connectivity index (χ2v) is 4.03. The van der Waals surface area contributed by atoms with Crippen molar-refractivity contribution in [3.8, 4) is 5.82 Å². The van der Waals surface area contributed by atoms with Crippen LogP contribution in [0.15, 0.2) is 24.7 Å². The average Bonchev–Trinajstić information content (AvgIpc) is 2.62. The van der Waals surface area contributed by atoms with E-state index in [4.69, 9.17) is 12.2 Å². The van der Waals surface area contributed by atoms with E-state index in [-0.39, 0.29) is 0 Å². The van der Waals surface area contributed by atoms with Gasteiger partial charge in [-0.1, -0.05) is 26.1 Å². The van der Waals surface area contributed by atoms with Crippen LogP contribution in [0.2, 0.25) is 0 Å². The van der Waals surface area contributed by atoms with E-state index in [1.165, 1.54) is 6.33 Å². The second kappa shape index (κ2) is 3.94. The van der Waals surface area contributed by atoms with Gasteiger partial charge in [0.15, 0.2) is 5.82 Å². The monoisotopic (exact) mass is 220 g/mol. The molecule has 1 N–H and O–H groups in total. The third kappa shape index (κ3) is 1.97. The maximum absolute atomic E-state index is 5.25. The molecule has 0 aliphatic carbocycles. The van der Waals surface area contributed by atoms with Crippen molar-refractivity contribution in [3.05, 3.63) is 35.0 Å². The van der Waals surface area contributed by atoms with Gasteiger partial charge in [0.25, 0.3) is 0 Å². The topological polar surface area (TPSA) is 46.5 Å². The molecule has 4 nitrogen and oxygen atoms in total. The molecule has 0 saturated carbocycles. The molecule has 2 heterocycles. The van der Waals surface area contributed by atoms with E-state index in [1.807, 2.05) is 12.1 Å². The van der Waals surface area contributed by atoms with Crippen LogP contribution < -0.4 is 0 Å². The highest BCUT2D eigenvalue weighted by Crippen LogP contribution is 2.13. The normalized spacial score (nSPS) is 10.9. The van der Waals surface area contributed by atoms with Gasteiger partial charge in [0, 0.05) is 18.0 Å². The van der Waals surface area contributed by atoms with Crippen LogP contribution in [-0.2, 0) is 0 Å². The summed E-state index contributed by atoms with van der Waals surface area (Å²) in [5.74, 6) is 1.19. The Morgan fingerprint density at radius 2 is 2.27 bits per heavy atom. The summed E-state index contributed by atoms with van der Waals surface area (Å²) in [7, 11) is 0. The molecule has 0 radical (unpaired) electrons. The maximum Gasteiger partial charge on any atom is 0.156 e. The van der Waals surface area contributed by atoms with Crippen molar-refractivity contribution < 1.29 is 0 Å². The van der Waals surface area contributed by atoms with Crippen molar-refractivity contribution in [1.82, 2.24) is 19.7 Å². The minimum Gasteiger partial charge on any atom is -0.295 e. The molecule has 2 aromatic heterocycles. The van der Waals surface area contributed by atoms with Crippen molar-refractivity contribution in [2.75, 3.05) is 0 Å². The number of nitrogens with zero attached hydrogens (tertiary/aromatic N) is 3. The second-order valence-electron chi connectivity index (χ2n) is 3.61. The van der Waals surface area contributed by atoms with Crippen molar-refractivity contribution in [2.24, 2.45) is 0 Å². The van der Waals surface area contributed by atoms with Crippen molar-refractivity contribution in [3.63, 3.8) is 0 Å². The van der Waals surface area contributed by atoms with Crippen LogP contribution in [0.5, 0.6) is 0 Å². The molecule has 78 valence electrons. The Balaban J connectivity index is 2.50. The Morgan fingerprint density at radius 3 is 2.80 bits per heavy atom. The highest BCUT2D eigenvalue weighted by atomic mass is 32.1. The Hall–Kier alpha value is -1.49. The van der Waals surface area contributed by atoms with Gasteiger partial charge in [-0.3, -0.25) is 5.10 Å². The molecule has 2 rings (SSSR count). The van der Waals surface area contributed by atoms with Crippen LogP contribution >= 0.6 is 12.2 Å². The molecule has 0 aliphatic rings. The summed E-state index contributed by atoms with van der Waals surface area (Å²) >= 11 is 5.25. The summed E-state index contributed by atoms with van der Waals surface area (Å²) in [5.41, 5.74) is 1.11. The SMILES string of the molecule is CC(C)c1cc(=S)n(-c2ccncn2)[nH]1. The molecule has 5 heteroatoms. The van der Waals surface area contributed by atoms with E-state index in [1.54, 1.807) is 10.9 Å². The first-order chi connectivity index (χ1) is 7.18. The molecule has 0 bridgehead atoms. The fraction of sp³-hybridized carbons (Fsp3) is 0.300. The number of aromatic amines is 1. The molecular weight excluding hydrogens is 208 g/mol. The number of aromatic nitrogens is 4. The molecule has 0 spiro atoms. The summed E-state index contributed by atoms with van der Waals surface area (Å²) in [6, 6.07) is 3.78. The van der Waals surface area contributed by atoms with Gasteiger partial charge >= 0.3 is 0 Å². The highest BCUT2D eigenvalue weighted by Gasteiger charge is 2.05. The number of hydrogen-bond donors (Lipinski definition) is 1. The van der Waals surface area contributed by atoms with Gasteiger partial charge in [-0.05, 0) is 12.0 Å². The van der Waals surface area contributed by atoms with Gasteiger partial charge in [-0.2, -0.15) is 0 Å². The van der Waals surface area contributed by atoms with Crippen molar-refractivity contribution >= 4 is 12.2 Å². The molecular formula is C10H12N4S. The Labute approximate surface area is 93.0 Å². The van der Waals surface area contributed by atoms with E-state index >= 15 is 0 Å². The van der Waals surface area contributed by atoms with E-state index < -0.39 is 0 Å². The van der Waals surface area contributed by atoms with Crippen LogP contribution in [0.1, 0.15) is 25.5 Å². The zero-order valence-corrected chi connectivity index (χ0v) is 9.45. The number of H-pyrrole nitrogens is 1. The van der Waals surface area contributed by atoms with Crippen molar-refractivity contribution in [1.29, 1.82) is 0 Å². The van der Waals surface area contributed by atoms with Crippen LogP contribution in [0.3, 0.4) is 0 Å². The molecule has 0 fully saturated rings. The Morgan fingerprint density at radius 1 is 1.47 bits per heavy atom. The summed E-state index contributed by atoms with van der Waals surface area (Å²) < 4.78 is 2.52. The van der Waals surface area contributed by atoms with Gasteiger partial charge in [0.05, 0.1) is 0 Å².